The Hall–Kier alpha value is -3.86. The lowest BCUT2D eigenvalue weighted by Crippen LogP contribution is -1.94. The van der Waals surface area contributed by atoms with Crippen molar-refractivity contribution < 1.29 is 14.6 Å². The van der Waals surface area contributed by atoms with Gasteiger partial charge in [0, 0.05) is 17.2 Å². The number of nitrogens with zero attached hydrogens (tertiary/aromatic N) is 1. The van der Waals surface area contributed by atoms with E-state index in [1.807, 2.05) is 48.5 Å². The second-order valence-electron chi connectivity index (χ2n) is 6.28. The minimum absolute atomic E-state index is 0.207. The lowest BCUT2D eigenvalue weighted by atomic mass is 10.1. The van der Waals surface area contributed by atoms with Gasteiger partial charge in [-0.1, -0.05) is 48.5 Å². The molecule has 138 valence electrons. The van der Waals surface area contributed by atoms with Gasteiger partial charge in [0.05, 0.1) is 29.6 Å². The lowest BCUT2D eigenvalue weighted by Gasteiger charge is -2.01. The number of aromatic amines is 1. The highest BCUT2D eigenvalue weighted by atomic mass is 16.5. The van der Waals surface area contributed by atoms with Crippen LogP contribution in [-0.4, -0.2) is 29.4 Å². The van der Waals surface area contributed by atoms with Crippen LogP contribution in [0.5, 0.6) is 5.75 Å². The van der Waals surface area contributed by atoms with Crippen molar-refractivity contribution in [2.75, 3.05) is 7.11 Å². The summed E-state index contributed by atoms with van der Waals surface area (Å²) in [6, 6.07) is 22.4. The van der Waals surface area contributed by atoms with E-state index in [1.54, 1.807) is 37.6 Å². The number of hydrogen-bond donors (Lipinski definition) is 2. The molecule has 0 spiro atoms. The molecule has 28 heavy (non-hydrogen) atoms. The van der Waals surface area contributed by atoms with Crippen LogP contribution < -0.4 is 4.74 Å². The quantitative estimate of drug-likeness (QED) is 0.469. The highest BCUT2D eigenvalue weighted by Crippen LogP contribution is 2.34. The van der Waals surface area contributed by atoms with Gasteiger partial charge in [0.25, 0.3) is 0 Å². The summed E-state index contributed by atoms with van der Waals surface area (Å²) in [5.41, 5.74) is 4.56. The smallest absolute Gasteiger partial charge is 0.335 e. The number of methoxy groups -OCH3 is 1. The molecule has 0 aliphatic heterocycles. The van der Waals surface area contributed by atoms with Crippen molar-refractivity contribution in [1.82, 2.24) is 4.98 Å². The van der Waals surface area contributed by atoms with Crippen LogP contribution in [-0.2, 0) is 0 Å². The van der Waals surface area contributed by atoms with Crippen molar-refractivity contribution >= 4 is 28.8 Å². The number of nitrogens with one attached hydrogen (secondary N) is 1. The molecule has 3 aromatic carbocycles. The molecular weight excluding hydrogens is 352 g/mol. The molecule has 0 saturated carbocycles. The predicted octanol–water partition coefficient (Wildman–Crippen LogP) is 5.29. The Balaban J connectivity index is 1.87. The summed E-state index contributed by atoms with van der Waals surface area (Å²) in [6.45, 7) is 0. The Morgan fingerprint density at radius 2 is 1.82 bits per heavy atom. The zero-order valence-corrected chi connectivity index (χ0v) is 15.2. The van der Waals surface area contributed by atoms with Crippen LogP contribution in [0.4, 0.5) is 5.69 Å². The van der Waals surface area contributed by atoms with Gasteiger partial charge in [0.15, 0.2) is 0 Å². The van der Waals surface area contributed by atoms with Crippen LogP contribution in [0.2, 0.25) is 0 Å². The zero-order chi connectivity index (χ0) is 19.5. The molecular formula is C23H18N2O3. The number of H-pyrrole nitrogens is 1. The molecule has 0 bridgehead atoms. The first kappa shape index (κ1) is 17.5. The number of aromatic nitrogens is 1. The maximum atomic E-state index is 11.2. The summed E-state index contributed by atoms with van der Waals surface area (Å²) in [5.74, 6) is -0.221. The average molecular weight is 370 g/mol. The fourth-order valence-corrected chi connectivity index (χ4v) is 3.21. The minimum Gasteiger partial charge on any atom is -0.495 e. The van der Waals surface area contributed by atoms with E-state index < -0.39 is 5.97 Å². The fourth-order valence-electron chi connectivity index (χ4n) is 3.21. The van der Waals surface area contributed by atoms with E-state index in [-0.39, 0.29) is 5.56 Å². The Morgan fingerprint density at radius 1 is 1.04 bits per heavy atom. The molecule has 0 aliphatic rings. The summed E-state index contributed by atoms with van der Waals surface area (Å²) >= 11 is 0. The summed E-state index contributed by atoms with van der Waals surface area (Å²) in [7, 11) is 1.64. The van der Waals surface area contributed by atoms with Gasteiger partial charge in [-0.25, -0.2) is 4.79 Å². The van der Waals surface area contributed by atoms with Gasteiger partial charge in [0.1, 0.15) is 5.75 Å². The maximum absolute atomic E-state index is 11.2. The summed E-state index contributed by atoms with van der Waals surface area (Å²) in [4.78, 5) is 19.2. The van der Waals surface area contributed by atoms with E-state index in [9.17, 15) is 9.90 Å². The number of fused-ring (bicyclic) bond motifs is 1. The molecule has 5 heteroatoms. The van der Waals surface area contributed by atoms with Crippen LogP contribution >= 0.6 is 0 Å². The van der Waals surface area contributed by atoms with Crippen LogP contribution in [0, 0.1) is 0 Å². The molecule has 5 nitrogen and oxygen atoms in total. The molecule has 0 fully saturated rings. The number of para-hydroxylation sites is 1. The monoisotopic (exact) mass is 370 g/mol. The standard InChI is InChI=1S/C23H18N2O3/c1-28-20-12-6-11-18-19(14-24-17-10-5-9-16(13-17)23(26)27)21(25-22(18)20)15-7-3-2-4-8-15/h2-14,25H,1H3,(H,26,27). The van der Waals surface area contributed by atoms with Crippen molar-refractivity contribution in [1.29, 1.82) is 0 Å². The highest BCUT2D eigenvalue weighted by Gasteiger charge is 2.14. The van der Waals surface area contributed by atoms with Gasteiger partial charge in [-0.05, 0) is 29.8 Å². The average Bonchev–Trinajstić information content (AvgIpc) is 3.11. The van der Waals surface area contributed by atoms with Crippen LogP contribution in [0.1, 0.15) is 15.9 Å². The first-order chi connectivity index (χ1) is 13.7. The van der Waals surface area contributed by atoms with Crippen molar-refractivity contribution in [3.63, 3.8) is 0 Å². The van der Waals surface area contributed by atoms with Crippen LogP contribution in [0.25, 0.3) is 22.2 Å². The molecule has 0 saturated heterocycles. The van der Waals surface area contributed by atoms with E-state index in [1.165, 1.54) is 0 Å². The second kappa shape index (κ2) is 7.40. The van der Waals surface area contributed by atoms with E-state index >= 15 is 0 Å². The third-order valence-electron chi connectivity index (χ3n) is 4.55. The number of benzene rings is 3. The number of carboxylic acid groups (broad SMARTS) is 1. The SMILES string of the molecule is COc1cccc2c(C=Nc3cccc(C(=O)O)c3)c(-c3ccccc3)[nH]c12. The molecule has 0 unspecified atom stereocenters. The molecule has 4 rings (SSSR count). The summed E-state index contributed by atoms with van der Waals surface area (Å²) in [5, 5.41) is 10.2. The zero-order valence-electron chi connectivity index (χ0n) is 15.2. The van der Waals surface area contributed by atoms with E-state index in [0.717, 1.165) is 33.5 Å². The normalized spacial score (nSPS) is 11.2. The van der Waals surface area contributed by atoms with E-state index in [0.29, 0.717) is 5.69 Å². The number of carboxylic acids is 1. The number of aliphatic imine (C=N–C) groups is 1. The topological polar surface area (TPSA) is 74.7 Å². The predicted molar refractivity (Wildman–Crippen MR) is 111 cm³/mol. The highest BCUT2D eigenvalue weighted by molar-refractivity contribution is 6.08. The number of aromatic carboxylic acids is 1. The number of rotatable bonds is 5. The van der Waals surface area contributed by atoms with Crippen molar-refractivity contribution in [3.8, 4) is 17.0 Å². The largest absolute Gasteiger partial charge is 0.495 e. The van der Waals surface area contributed by atoms with Crippen molar-refractivity contribution in [2.24, 2.45) is 4.99 Å². The van der Waals surface area contributed by atoms with Gasteiger partial charge in [-0.3, -0.25) is 4.99 Å². The molecule has 0 aliphatic carbocycles. The first-order valence-corrected chi connectivity index (χ1v) is 8.79. The Labute approximate surface area is 161 Å². The van der Waals surface area contributed by atoms with E-state index in [4.69, 9.17) is 4.74 Å². The third-order valence-corrected chi connectivity index (χ3v) is 4.55. The Kier molecular flexibility index (Phi) is 4.64. The molecule has 0 radical (unpaired) electrons. The summed E-state index contributed by atoms with van der Waals surface area (Å²) < 4.78 is 5.50. The Bertz CT molecular complexity index is 1180. The molecule has 4 aromatic rings. The van der Waals surface area contributed by atoms with Gasteiger partial charge in [-0.15, -0.1) is 0 Å². The van der Waals surface area contributed by atoms with Gasteiger partial charge in [-0.2, -0.15) is 0 Å². The third kappa shape index (κ3) is 3.25. The van der Waals surface area contributed by atoms with Crippen LogP contribution in [0.15, 0.2) is 77.8 Å². The van der Waals surface area contributed by atoms with Gasteiger partial charge < -0.3 is 14.8 Å². The Morgan fingerprint density at radius 3 is 2.57 bits per heavy atom. The number of hydrogen-bond acceptors (Lipinski definition) is 3. The molecule has 0 atom stereocenters. The van der Waals surface area contributed by atoms with Crippen molar-refractivity contribution in [3.05, 3.63) is 83.9 Å². The van der Waals surface area contributed by atoms with Gasteiger partial charge >= 0.3 is 5.97 Å². The minimum atomic E-state index is -0.973. The second-order valence-corrected chi connectivity index (χ2v) is 6.28. The summed E-state index contributed by atoms with van der Waals surface area (Å²) in [6.07, 6.45) is 1.77. The molecule has 1 heterocycles. The van der Waals surface area contributed by atoms with Gasteiger partial charge in [0.2, 0.25) is 0 Å². The molecule has 1 aromatic heterocycles. The molecule has 2 N–H and O–H groups in total. The fraction of sp³-hybridized carbons (Fsp3) is 0.0435. The maximum Gasteiger partial charge on any atom is 0.335 e. The van der Waals surface area contributed by atoms with Crippen LogP contribution in [0.3, 0.4) is 0 Å². The lowest BCUT2D eigenvalue weighted by molar-refractivity contribution is 0.0697. The molecule has 0 amide bonds. The van der Waals surface area contributed by atoms with E-state index in [2.05, 4.69) is 9.98 Å². The number of ether oxygens (including phenoxy) is 1. The van der Waals surface area contributed by atoms with Crippen molar-refractivity contribution in [2.45, 2.75) is 0 Å². The first-order valence-electron chi connectivity index (χ1n) is 8.79. The number of carbonyl (C=O) groups is 1.